The van der Waals surface area contributed by atoms with Crippen molar-refractivity contribution >= 4 is 5.91 Å². The van der Waals surface area contributed by atoms with E-state index >= 15 is 0 Å². The molecule has 0 fully saturated rings. The molecule has 1 rings (SSSR count). The Morgan fingerprint density at radius 3 is 2.63 bits per heavy atom. The lowest BCUT2D eigenvalue weighted by molar-refractivity contribution is 0.0368. The molecule has 1 amide bonds. The van der Waals surface area contributed by atoms with Crippen LogP contribution in [0.2, 0.25) is 0 Å². The average molecular weight is 266 g/mol. The number of nitrogens with one attached hydrogen (secondary N) is 2. The topological polar surface area (TPSA) is 82.2 Å². The average Bonchev–Trinajstić information content (AvgIpc) is 2.24. The van der Waals surface area contributed by atoms with Gasteiger partial charge < -0.3 is 15.4 Å². The molecule has 19 heavy (non-hydrogen) atoms. The highest BCUT2D eigenvalue weighted by atomic mass is 16.3. The van der Waals surface area contributed by atoms with Crippen LogP contribution in [0.1, 0.15) is 43.2 Å². The quantitative estimate of drug-likeness (QED) is 0.749. The standard InChI is InChI=1S/C14H22N2O3/c1-9(2)7-14(4,19)8-15-12(17)11-6-5-10(3)16-13(11)18/h5-6,9,19H,7-8H2,1-4H3,(H,15,17)(H,16,18). The van der Waals surface area contributed by atoms with Crippen molar-refractivity contribution in [2.45, 2.75) is 39.7 Å². The SMILES string of the molecule is Cc1ccc(C(=O)NCC(C)(O)CC(C)C)c(=O)[nH]1. The third kappa shape index (κ3) is 4.87. The molecule has 5 nitrogen and oxygen atoms in total. The summed E-state index contributed by atoms with van der Waals surface area (Å²) >= 11 is 0. The Kier molecular flexibility index (Phi) is 4.89. The summed E-state index contributed by atoms with van der Waals surface area (Å²) in [6.07, 6.45) is 0.581. The maximum atomic E-state index is 11.9. The minimum absolute atomic E-state index is 0.0611. The largest absolute Gasteiger partial charge is 0.388 e. The summed E-state index contributed by atoms with van der Waals surface area (Å²) in [5.41, 5.74) is -0.623. The van der Waals surface area contributed by atoms with Crippen molar-refractivity contribution in [1.29, 1.82) is 0 Å². The Labute approximate surface area is 113 Å². The Bertz CT molecular complexity index is 504. The fraction of sp³-hybridized carbons (Fsp3) is 0.571. The van der Waals surface area contributed by atoms with Gasteiger partial charge in [0.25, 0.3) is 11.5 Å². The molecule has 0 bridgehead atoms. The van der Waals surface area contributed by atoms with Crippen LogP contribution in [0, 0.1) is 12.8 Å². The van der Waals surface area contributed by atoms with Gasteiger partial charge in [-0.25, -0.2) is 0 Å². The van der Waals surface area contributed by atoms with E-state index in [2.05, 4.69) is 10.3 Å². The normalized spacial score (nSPS) is 14.2. The molecule has 1 unspecified atom stereocenters. The maximum absolute atomic E-state index is 11.9. The van der Waals surface area contributed by atoms with Crippen LogP contribution in [0.25, 0.3) is 0 Å². The van der Waals surface area contributed by atoms with Crippen molar-refractivity contribution in [2.75, 3.05) is 6.54 Å². The fourth-order valence-electron chi connectivity index (χ4n) is 2.07. The number of hydrogen-bond donors (Lipinski definition) is 3. The van der Waals surface area contributed by atoms with E-state index in [0.717, 1.165) is 0 Å². The van der Waals surface area contributed by atoms with Gasteiger partial charge in [0.05, 0.1) is 5.60 Å². The third-order valence-electron chi connectivity index (χ3n) is 2.78. The molecular weight excluding hydrogens is 244 g/mol. The summed E-state index contributed by atoms with van der Waals surface area (Å²) in [5, 5.41) is 12.7. The van der Waals surface area contributed by atoms with Gasteiger partial charge in [-0.3, -0.25) is 9.59 Å². The Hall–Kier alpha value is -1.62. The fourth-order valence-corrected chi connectivity index (χ4v) is 2.07. The Morgan fingerprint density at radius 2 is 2.11 bits per heavy atom. The maximum Gasteiger partial charge on any atom is 0.260 e. The van der Waals surface area contributed by atoms with Crippen LogP contribution in [-0.4, -0.2) is 28.1 Å². The van der Waals surface area contributed by atoms with E-state index in [1.165, 1.54) is 6.07 Å². The van der Waals surface area contributed by atoms with Gasteiger partial charge in [-0.15, -0.1) is 0 Å². The number of aliphatic hydroxyl groups is 1. The highest BCUT2D eigenvalue weighted by molar-refractivity contribution is 5.93. The monoisotopic (exact) mass is 266 g/mol. The molecule has 0 saturated carbocycles. The lowest BCUT2D eigenvalue weighted by Crippen LogP contribution is -2.42. The van der Waals surface area contributed by atoms with Crippen molar-refractivity contribution in [3.05, 3.63) is 33.7 Å². The van der Waals surface area contributed by atoms with Gasteiger partial charge in [0.15, 0.2) is 0 Å². The van der Waals surface area contributed by atoms with Gasteiger partial charge >= 0.3 is 0 Å². The molecule has 0 saturated heterocycles. The zero-order valence-electron chi connectivity index (χ0n) is 11.9. The van der Waals surface area contributed by atoms with Crippen LogP contribution in [0.3, 0.4) is 0 Å². The first-order chi connectivity index (χ1) is 8.71. The van der Waals surface area contributed by atoms with Gasteiger partial charge in [0, 0.05) is 12.2 Å². The second-order valence-electron chi connectivity index (χ2n) is 5.66. The molecular formula is C14H22N2O3. The molecule has 0 aliphatic heterocycles. The van der Waals surface area contributed by atoms with Crippen LogP contribution in [0.5, 0.6) is 0 Å². The van der Waals surface area contributed by atoms with E-state index in [4.69, 9.17) is 0 Å². The number of pyridine rings is 1. The smallest absolute Gasteiger partial charge is 0.260 e. The molecule has 1 atom stereocenters. The van der Waals surface area contributed by atoms with Crippen LogP contribution < -0.4 is 10.9 Å². The van der Waals surface area contributed by atoms with E-state index < -0.39 is 17.1 Å². The van der Waals surface area contributed by atoms with Crippen LogP contribution >= 0.6 is 0 Å². The zero-order chi connectivity index (χ0) is 14.6. The molecule has 5 heteroatoms. The highest BCUT2D eigenvalue weighted by Gasteiger charge is 2.23. The molecule has 1 heterocycles. The zero-order valence-corrected chi connectivity index (χ0v) is 11.9. The van der Waals surface area contributed by atoms with Crippen molar-refractivity contribution in [3.63, 3.8) is 0 Å². The number of aromatic nitrogens is 1. The number of carbonyl (C=O) groups excluding carboxylic acids is 1. The van der Waals surface area contributed by atoms with Crippen molar-refractivity contribution in [2.24, 2.45) is 5.92 Å². The summed E-state index contributed by atoms with van der Waals surface area (Å²) in [7, 11) is 0. The molecule has 0 aliphatic carbocycles. The van der Waals surface area contributed by atoms with Crippen molar-refractivity contribution in [1.82, 2.24) is 10.3 Å². The Balaban J connectivity index is 2.68. The summed E-state index contributed by atoms with van der Waals surface area (Å²) in [5.74, 6) is -0.139. The van der Waals surface area contributed by atoms with Crippen LogP contribution in [-0.2, 0) is 0 Å². The highest BCUT2D eigenvalue weighted by Crippen LogP contribution is 2.15. The number of hydrogen-bond acceptors (Lipinski definition) is 3. The lowest BCUT2D eigenvalue weighted by atomic mass is 9.94. The predicted molar refractivity (Wildman–Crippen MR) is 74.2 cm³/mol. The molecule has 106 valence electrons. The number of amides is 1. The van der Waals surface area contributed by atoms with Gasteiger partial charge in [0.2, 0.25) is 0 Å². The van der Waals surface area contributed by atoms with Gasteiger partial charge in [-0.2, -0.15) is 0 Å². The van der Waals surface area contributed by atoms with E-state index in [9.17, 15) is 14.7 Å². The molecule has 3 N–H and O–H groups in total. The van der Waals surface area contributed by atoms with Crippen molar-refractivity contribution < 1.29 is 9.90 Å². The Morgan fingerprint density at radius 1 is 1.47 bits per heavy atom. The summed E-state index contributed by atoms with van der Waals surface area (Å²) in [6, 6.07) is 3.16. The molecule has 0 spiro atoms. The minimum atomic E-state index is -0.971. The van der Waals surface area contributed by atoms with Gasteiger partial charge in [0.1, 0.15) is 5.56 Å². The first-order valence-electron chi connectivity index (χ1n) is 6.42. The molecule has 0 aromatic carbocycles. The van der Waals surface area contributed by atoms with Crippen molar-refractivity contribution in [3.8, 4) is 0 Å². The van der Waals surface area contributed by atoms with Gasteiger partial charge in [-0.05, 0) is 38.3 Å². The van der Waals surface area contributed by atoms with E-state index in [1.807, 2.05) is 13.8 Å². The minimum Gasteiger partial charge on any atom is -0.388 e. The molecule has 0 radical (unpaired) electrons. The number of rotatable bonds is 5. The van der Waals surface area contributed by atoms with Crippen LogP contribution in [0.4, 0.5) is 0 Å². The van der Waals surface area contributed by atoms with Gasteiger partial charge in [-0.1, -0.05) is 13.8 Å². The van der Waals surface area contributed by atoms with Crippen LogP contribution in [0.15, 0.2) is 16.9 Å². The summed E-state index contributed by atoms with van der Waals surface area (Å²) in [4.78, 5) is 26.0. The predicted octanol–water partition coefficient (Wildman–Crippen LogP) is 1.21. The van der Waals surface area contributed by atoms with E-state index in [1.54, 1.807) is 19.9 Å². The summed E-state index contributed by atoms with van der Waals surface area (Å²) in [6.45, 7) is 7.54. The lowest BCUT2D eigenvalue weighted by Gasteiger charge is -2.25. The third-order valence-corrected chi connectivity index (χ3v) is 2.78. The van der Waals surface area contributed by atoms with E-state index in [0.29, 0.717) is 18.0 Å². The summed E-state index contributed by atoms with van der Waals surface area (Å²) < 4.78 is 0. The second-order valence-corrected chi connectivity index (χ2v) is 5.66. The second kappa shape index (κ2) is 6.02. The molecule has 0 aliphatic rings. The molecule has 1 aromatic heterocycles. The first-order valence-corrected chi connectivity index (χ1v) is 6.42. The molecule has 1 aromatic rings. The number of H-pyrrole nitrogens is 1. The van der Waals surface area contributed by atoms with E-state index in [-0.39, 0.29) is 12.1 Å². The number of carbonyl (C=O) groups is 1. The first kappa shape index (κ1) is 15.4. The number of aryl methyl sites for hydroxylation is 1. The number of aromatic amines is 1.